The Bertz CT molecular complexity index is 3540. The fraction of sp³-hybridized carbons (Fsp3) is 0.518. The lowest BCUT2D eigenvalue weighted by atomic mass is 10.1. The lowest BCUT2D eigenvalue weighted by molar-refractivity contribution is -0.0559. The Morgan fingerprint density at radius 3 is 2.31 bits per heavy atom. The van der Waals surface area contributed by atoms with Crippen LogP contribution in [0.1, 0.15) is 78.2 Å². The normalized spacial score (nSPS) is 22.4. The first-order valence-corrected chi connectivity index (χ1v) is 38.9. The number of fused-ring (bicyclic) bond motifs is 1. The number of imidazole rings is 1. The van der Waals surface area contributed by atoms with E-state index in [1.807, 2.05) is 39.9 Å². The Balaban J connectivity index is 1.05. The van der Waals surface area contributed by atoms with Gasteiger partial charge in [-0.25, -0.2) is 40.7 Å². The number of alkyl halides is 1. The third-order valence-electron chi connectivity index (χ3n) is 15.5. The number of hydrogen-bond acceptors (Lipinski definition) is 19. The second-order valence-electron chi connectivity index (χ2n) is 23.9. The second kappa shape index (κ2) is 27.8. The first-order valence-electron chi connectivity index (χ1n) is 28.6. The van der Waals surface area contributed by atoms with Gasteiger partial charge in [-0.2, -0.15) is 0 Å². The molecule has 466 valence electrons. The van der Waals surface area contributed by atoms with Gasteiger partial charge in [0.1, 0.15) is 54.6 Å². The molecule has 3 amide bonds. The molecular formula is C56H73FN11O14P2SSi2+. The Morgan fingerprint density at radius 2 is 1.63 bits per heavy atom. The van der Waals surface area contributed by atoms with Crippen molar-refractivity contribution in [1.82, 2.24) is 39.4 Å². The highest BCUT2D eigenvalue weighted by Gasteiger charge is 2.56. The van der Waals surface area contributed by atoms with Gasteiger partial charge in [0, 0.05) is 49.5 Å². The highest BCUT2D eigenvalue weighted by atomic mass is 32.5. The zero-order chi connectivity index (χ0) is 62.4. The van der Waals surface area contributed by atoms with E-state index in [9.17, 15) is 28.9 Å². The van der Waals surface area contributed by atoms with Gasteiger partial charge in [-0.3, -0.25) is 23.6 Å². The fourth-order valence-corrected chi connectivity index (χ4v) is 14.5. The number of nitrogens with zero attached hydrogens (tertiary/aromatic N) is 9. The number of anilines is 2. The van der Waals surface area contributed by atoms with Crippen LogP contribution in [-0.2, 0) is 65.9 Å². The van der Waals surface area contributed by atoms with Crippen molar-refractivity contribution in [3.8, 4) is 0 Å². The zero-order valence-electron chi connectivity index (χ0n) is 49.6. The molecule has 25 nitrogen and oxygen atoms in total. The number of aliphatic hydroxyl groups is 1. The molecule has 6 aromatic rings. The Kier molecular flexibility index (Phi) is 21.0. The number of carbonyl (C=O) groups is 3. The minimum absolute atomic E-state index is 0.0586. The van der Waals surface area contributed by atoms with E-state index in [0.717, 1.165) is 6.04 Å². The maximum absolute atomic E-state index is 17.2. The summed E-state index contributed by atoms with van der Waals surface area (Å²) in [6, 6.07) is 18.1. The maximum atomic E-state index is 17.2. The van der Waals surface area contributed by atoms with E-state index in [2.05, 4.69) is 45.1 Å². The molecule has 4 aromatic heterocycles. The predicted molar refractivity (Wildman–Crippen MR) is 329 cm³/mol. The summed E-state index contributed by atoms with van der Waals surface area (Å²) in [5, 5.41) is 16.9. The molecule has 31 heteroatoms. The van der Waals surface area contributed by atoms with Crippen molar-refractivity contribution < 1.29 is 70.1 Å². The van der Waals surface area contributed by atoms with Crippen molar-refractivity contribution in [3.63, 3.8) is 0 Å². The zero-order valence-corrected chi connectivity index (χ0v) is 54.2. The number of benzene rings is 2. The van der Waals surface area contributed by atoms with Crippen LogP contribution < -0.4 is 15.5 Å². The summed E-state index contributed by atoms with van der Waals surface area (Å²) in [6.07, 6.45) is -6.32. The summed E-state index contributed by atoms with van der Waals surface area (Å²) in [5.74, 6) is -0.129. The summed E-state index contributed by atoms with van der Waals surface area (Å²) in [5.41, 5.74) is 2.05. The van der Waals surface area contributed by atoms with Gasteiger partial charge in [0.25, 0.3) is 11.8 Å². The molecule has 0 saturated carbocycles. The third-order valence-corrected chi connectivity index (χ3v) is 24.5. The molecule has 9 rings (SSSR count). The number of amides is 3. The summed E-state index contributed by atoms with van der Waals surface area (Å²) >= 11 is 6.21. The van der Waals surface area contributed by atoms with E-state index >= 15 is 4.39 Å². The topological polar surface area (TPSA) is 289 Å². The van der Waals surface area contributed by atoms with Crippen molar-refractivity contribution in [2.24, 2.45) is 0 Å². The van der Waals surface area contributed by atoms with Crippen molar-refractivity contribution in [2.75, 3.05) is 56.3 Å². The van der Waals surface area contributed by atoms with Crippen LogP contribution in [0.25, 0.3) is 27.0 Å². The van der Waals surface area contributed by atoms with Gasteiger partial charge in [-0.1, -0.05) is 76.8 Å². The molecule has 0 bridgehead atoms. The van der Waals surface area contributed by atoms with Crippen molar-refractivity contribution >= 4 is 94.9 Å². The number of carbonyl (C=O) groups excluding carboxylic acids is 3. The molecule has 4 N–H and O–H groups in total. The van der Waals surface area contributed by atoms with E-state index in [1.165, 1.54) is 21.8 Å². The van der Waals surface area contributed by atoms with E-state index in [0.29, 0.717) is 60.3 Å². The van der Waals surface area contributed by atoms with Gasteiger partial charge >= 0.3 is 21.1 Å². The Hall–Kier alpha value is -5.94. The highest BCUT2D eigenvalue weighted by molar-refractivity contribution is 8.07. The van der Waals surface area contributed by atoms with E-state index in [-0.39, 0.29) is 60.5 Å². The number of aliphatic hydroxyl groups excluding tert-OH is 1. The number of halogens is 1. The molecule has 2 saturated heterocycles. The monoisotopic (exact) mass is 1290 g/mol. The third kappa shape index (κ3) is 15.4. The molecule has 87 heavy (non-hydrogen) atoms. The second-order valence-corrected chi connectivity index (χ2v) is 38.0. The average Bonchev–Trinajstić information content (AvgIpc) is 1.85. The van der Waals surface area contributed by atoms with E-state index < -0.39 is 111 Å². The molecular weight excluding hydrogens is 1220 g/mol. The number of aryl methyl sites for hydroxylation is 2. The van der Waals surface area contributed by atoms with Gasteiger partial charge < -0.3 is 52.8 Å². The van der Waals surface area contributed by atoms with Crippen LogP contribution in [0.3, 0.4) is 0 Å². The van der Waals surface area contributed by atoms with Crippen LogP contribution in [0.15, 0.2) is 79.5 Å². The molecule has 0 spiro atoms. The van der Waals surface area contributed by atoms with Crippen molar-refractivity contribution in [1.29, 1.82) is 0 Å². The summed E-state index contributed by atoms with van der Waals surface area (Å²) < 4.78 is 83.3. The van der Waals surface area contributed by atoms with Gasteiger partial charge in [0.2, 0.25) is 6.54 Å². The highest BCUT2D eigenvalue weighted by Crippen LogP contribution is 2.56. The van der Waals surface area contributed by atoms with Crippen molar-refractivity contribution in [2.45, 2.75) is 139 Å². The molecule has 2 aromatic carbocycles. The SMILES string of the molecule is [C-]#[N+]CCOP(=S)(OC[C@H]1O[C@@H](n2cc3c4c(ncnc42)N(C(=O)c2ccccc2)CCC3)[C@H](F)[C@@H]1O[P+](=O)O)O[C@@H]1[C@H](O[Si](C)(C)C(C)(C)C)[C@@H](CO)O[C@H]1n1cnc2c(NC(=O)c3ccccc3)nc(CCCNC(=O)OCC[Si](C)(C)C)nc21. The summed E-state index contributed by atoms with van der Waals surface area (Å²) in [7, 11) is -7.70. The van der Waals surface area contributed by atoms with Crippen LogP contribution in [0.2, 0.25) is 43.8 Å². The Morgan fingerprint density at radius 1 is 0.920 bits per heavy atom. The van der Waals surface area contributed by atoms with E-state index in [4.69, 9.17) is 70.1 Å². The summed E-state index contributed by atoms with van der Waals surface area (Å²) in [6.45, 7) is 19.2. The van der Waals surface area contributed by atoms with Gasteiger partial charge in [0.05, 0.1) is 31.5 Å². The molecule has 7 heterocycles. The lowest BCUT2D eigenvalue weighted by Gasteiger charge is -2.41. The number of nitrogens with one attached hydrogen (secondary N) is 2. The lowest BCUT2D eigenvalue weighted by Crippen LogP contribution is -2.50. The van der Waals surface area contributed by atoms with Crippen LogP contribution in [0.5, 0.6) is 0 Å². The van der Waals surface area contributed by atoms with Gasteiger partial charge in [0.15, 0.2) is 50.0 Å². The molecule has 3 aliphatic rings. The quantitative estimate of drug-likeness (QED) is 0.0180. The molecule has 3 aliphatic heterocycles. The fourth-order valence-electron chi connectivity index (χ4n) is 10.00. The smallest absolute Gasteiger partial charge is 0.450 e. The number of hydrogen-bond donors (Lipinski definition) is 4. The number of rotatable bonds is 25. The first kappa shape index (κ1) is 65.5. The van der Waals surface area contributed by atoms with Crippen LogP contribution in [0.4, 0.5) is 20.8 Å². The van der Waals surface area contributed by atoms with Crippen LogP contribution in [-0.4, -0.2) is 161 Å². The van der Waals surface area contributed by atoms with Gasteiger partial charge in [-0.15, -0.1) is 9.42 Å². The van der Waals surface area contributed by atoms with Crippen LogP contribution in [0, 0.1) is 6.57 Å². The molecule has 2 unspecified atom stereocenters. The Labute approximate surface area is 511 Å². The summed E-state index contributed by atoms with van der Waals surface area (Å²) in [4.78, 5) is 78.9. The first-order chi connectivity index (χ1) is 41.4. The van der Waals surface area contributed by atoms with Crippen LogP contribution >= 0.6 is 15.0 Å². The number of ether oxygens (including phenoxy) is 3. The largest absolute Gasteiger partial charge is 0.695 e. The molecule has 0 radical (unpaired) electrons. The van der Waals surface area contributed by atoms with Gasteiger partial charge in [-0.05, 0) is 85.1 Å². The average molecular weight is 1290 g/mol. The van der Waals surface area contributed by atoms with Crippen molar-refractivity contribution in [3.05, 3.63) is 113 Å². The minimum atomic E-state index is -4.26. The molecule has 2 fully saturated rings. The minimum Gasteiger partial charge on any atom is -0.450 e. The van der Waals surface area contributed by atoms with E-state index in [1.54, 1.807) is 65.7 Å². The standard InChI is InChI=1S/C56H72FN11O14P2SSi2/c1-56(2,3)87(8,9)82-45-38(31-69)78-54(68-34-62-43-47(65-51(70)35-18-12-10-13-19-35)63-40(64-50(43)68)23-16-24-59-55(72)75-28-29-86(5,6)7)46(45)81-84(85,76-27-25-58-4)77-32-39-44(80-83(73)74)42(57)53(79-39)67-30-37-22-17-26-66(48-41(37)49(67)61-33-60-48)52(71)36-20-14-11-15-21-36/h10-15,18-21,30,33-34,38-39,42,44-46,53-54,69H,16-17,22-29,31-32H2,1-3,5-9H3,(H2-,59,63,64,65,70,72,73,74)/p+1/t38-,39-,42-,44-,45-,46-,53-,54-,84?/m1/s1. The molecule has 0 aliphatic carbocycles. The molecule has 10 atom stereocenters. The number of alkyl carbamates (subject to hydrolysis) is 1. The maximum Gasteiger partial charge on any atom is 0.695 e. The number of aromatic nitrogens is 7. The predicted octanol–water partition coefficient (Wildman–Crippen LogP) is 9.23.